The number of fused-ring (bicyclic) bond motifs is 1. The van der Waals surface area contributed by atoms with Crippen LogP contribution in [0, 0.1) is 0 Å². The Morgan fingerprint density at radius 3 is 2.91 bits per heavy atom. The molecule has 1 unspecified atom stereocenters. The number of nitrogens with one attached hydrogen (secondary N) is 1. The number of likely N-dealkylation sites (tertiary alicyclic amines) is 1. The van der Waals surface area contributed by atoms with Gasteiger partial charge >= 0.3 is 0 Å². The lowest BCUT2D eigenvalue weighted by Crippen LogP contribution is -2.31. The van der Waals surface area contributed by atoms with E-state index in [0.717, 1.165) is 36.2 Å². The smallest absolute Gasteiger partial charge is 0.254 e. The first kappa shape index (κ1) is 14.3. The maximum atomic E-state index is 12.8. The number of halogens is 1. The average molecular weight is 326 g/mol. The molecule has 4 rings (SSSR count). The Labute approximate surface area is 139 Å². The van der Waals surface area contributed by atoms with Crippen molar-refractivity contribution in [3.63, 3.8) is 0 Å². The summed E-state index contributed by atoms with van der Waals surface area (Å²) in [5, 5.41) is 0.579. The standard InChI is InChI=1S/C18H16ClN3O/c19-13-6-3-5-12(11-13)18(23)22-10-4-9-16(22)17-20-14-7-1-2-8-15(14)21-17/h1-3,5-8,11,16H,4,9-10H2,(H,20,21). The lowest BCUT2D eigenvalue weighted by atomic mass is 10.1. The Bertz CT molecular complexity index is 840. The number of H-pyrrole nitrogens is 1. The average Bonchev–Trinajstić information content (AvgIpc) is 3.20. The molecule has 0 bridgehead atoms. The monoisotopic (exact) mass is 325 g/mol. The second-order valence-corrected chi connectivity index (χ2v) is 6.24. The summed E-state index contributed by atoms with van der Waals surface area (Å²) in [4.78, 5) is 22.7. The minimum Gasteiger partial charge on any atom is -0.340 e. The van der Waals surface area contributed by atoms with E-state index in [-0.39, 0.29) is 11.9 Å². The summed E-state index contributed by atoms with van der Waals surface area (Å²) in [6.07, 6.45) is 1.90. The zero-order valence-corrected chi connectivity index (χ0v) is 13.3. The fourth-order valence-corrected chi connectivity index (χ4v) is 3.40. The number of amides is 1. The molecular weight excluding hydrogens is 310 g/mol. The zero-order valence-electron chi connectivity index (χ0n) is 12.5. The number of rotatable bonds is 2. The Balaban J connectivity index is 1.67. The Kier molecular flexibility index (Phi) is 3.54. The molecule has 1 aromatic heterocycles. The van der Waals surface area contributed by atoms with Crippen molar-refractivity contribution >= 4 is 28.5 Å². The Hall–Kier alpha value is -2.33. The number of carbonyl (C=O) groups is 1. The van der Waals surface area contributed by atoms with Crippen LogP contribution in [0.1, 0.15) is 35.1 Å². The number of hydrogen-bond donors (Lipinski definition) is 1. The van der Waals surface area contributed by atoms with Gasteiger partial charge in [0.05, 0.1) is 17.1 Å². The third-order valence-electron chi connectivity index (χ3n) is 4.31. The number of nitrogens with zero attached hydrogens (tertiary/aromatic N) is 2. The summed E-state index contributed by atoms with van der Waals surface area (Å²) in [6.45, 7) is 0.743. The Morgan fingerprint density at radius 2 is 2.09 bits per heavy atom. The fourth-order valence-electron chi connectivity index (χ4n) is 3.21. The van der Waals surface area contributed by atoms with Gasteiger partial charge in [-0.15, -0.1) is 0 Å². The first-order chi connectivity index (χ1) is 11.2. The van der Waals surface area contributed by atoms with Gasteiger partial charge in [0.25, 0.3) is 5.91 Å². The molecule has 1 aliphatic rings. The van der Waals surface area contributed by atoms with E-state index >= 15 is 0 Å². The highest BCUT2D eigenvalue weighted by atomic mass is 35.5. The number of aromatic nitrogens is 2. The molecule has 4 nitrogen and oxygen atoms in total. The van der Waals surface area contributed by atoms with Crippen molar-refractivity contribution in [2.24, 2.45) is 0 Å². The largest absolute Gasteiger partial charge is 0.340 e. The van der Waals surface area contributed by atoms with Gasteiger partial charge in [0.15, 0.2) is 0 Å². The fraction of sp³-hybridized carbons (Fsp3) is 0.222. The van der Waals surface area contributed by atoms with Gasteiger partial charge in [-0.1, -0.05) is 29.8 Å². The molecule has 5 heteroatoms. The maximum Gasteiger partial charge on any atom is 0.254 e. The van der Waals surface area contributed by atoms with Crippen LogP contribution in [0.2, 0.25) is 5.02 Å². The summed E-state index contributed by atoms with van der Waals surface area (Å²) in [6, 6.07) is 15.0. The van der Waals surface area contributed by atoms with Crippen molar-refractivity contribution in [3.05, 3.63) is 64.9 Å². The summed E-state index contributed by atoms with van der Waals surface area (Å²) in [5.74, 6) is 0.870. The van der Waals surface area contributed by atoms with E-state index < -0.39 is 0 Å². The Morgan fingerprint density at radius 1 is 1.22 bits per heavy atom. The SMILES string of the molecule is O=C(c1cccc(Cl)c1)N1CCCC1c1nc2ccccc2[nH]1. The van der Waals surface area contributed by atoms with Crippen LogP contribution in [0.3, 0.4) is 0 Å². The molecule has 0 spiro atoms. The van der Waals surface area contributed by atoms with E-state index in [9.17, 15) is 4.79 Å². The van der Waals surface area contributed by atoms with E-state index in [1.165, 1.54) is 0 Å². The van der Waals surface area contributed by atoms with E-state index in [0.29, 0.717) is 10.6 Å². The van der Waals surface area contributed by atoms with Crippen molar-refractivity contribution in [2.45, 2.75) is 18.9 Å². The van der Waals surface area contributed by atoms with Gasteiger partial charge in [0.1, 0.15) is 5.82 Å². The minimum atomic E-state index is -0.00567. The summed E-state index contributed by atoms with van der Waals surface area (Å²) in [5.41, 5.74) is 2.56. The van der Waals surface area contributed by atoms with Crippen LogP contribution >= 0.6 is 11.6 Å². The van der Waals surface area contributed by atoms with Crippen LogP contribution in [0.4, 0.5) is 0 Å². The normalized spacial score (nSPS) is 17.8. The van der Waals surface area contributed by atoms with Gasteiger partial charge in [0.2, 0.25) is 0 Å². The lowest BCUT2D eigenvalue weighted by molar-refractivity contribution is 0.0730. The van der Waals surface area contributed by atoms with Gasteiger partial charge in [-0.3, -0.25) is 4.79 Å². The molecular formula is C18H16ClN3O. The number of imidazole rings is 1. The molecule has 2 aromatic carbocycles. The van der Waals surface area contributed by atoms with Crippen molar-refractivity contribution in [1.29, 1.82) is 0 Å². The third-order valence-corrected chi connectivity index (χ3v) is 4.54. The first-order valence-electron chi connectivity index (χ1n) is 7.73. The van der Waals surface area contributed by atoms with Crippen molar-refractivity contribution < 1.29 is 4.79 Å². The molecule has 0 radical (unpaired) electrons. The summed E-state index contributed by atoms with van der Waals surface area (Å²) >= 11 is 6.01. The van der Waals surface area contributed by atoms with E-state index in [4.69, 9.17) is 11.6 Å². The maximum absolute atomic E-state index is 12.8. The van der Waals surface area contributed by atoms with E-state index in [1.807, 2.05) is 41.3 Å². The third kappa shape index (κ3) is 2.59. The van der Waals surface area contributed by atoms with Crippen LogP contribution in [0.15, 0.2) is 48.5 Å². The number of hydrogen-bond acceptors (Lipinski definition) is 2. The predicted molar refractivity (Wildman–Crippen MR) is 90.6 cm³/mol. The van der Waals surface area contributed by atoms with Gasteiger partial charge < -0.3 is 9.88 Å². The molecule has 116 valence electrons. The quantitative estimate of drug-likeness (QED) is 0.768. The second-order valence-electron chi connectivity index (χ2n) is 5.81. The summed E-state index contributed by atoms with van der Waals surface area (Å²) < 4.78 is 0. The van der Waals surface area contributed by atoms with Crippen molar-refractivity contribution in [3.8, 4) is 0 Å². The number of benzene rings is 2. The van der Waals surface area contributed by atoms with Crippen LogP contribution in [0.5, 0.6) is 0 Å². The molecule has 1 atom stereocenters. The molecule has 23 heavy (non-hydrogen) atoms. The molecule has 0 aliphatic carbocycles. The molecule has 1 aliphatic heterocycles. The van der Waals surface area contributed by atoms with Crippen molar-refractivity contribution in [2.75, 3.05) is 6.54 Å². The highest BCUT2D eigenvalue weighted by Gasteiger charge is 2.32. The number of carbonyl (C=O) groups excluding carboxylic acids is 1. The lowest BCUT2D eigenvalue weighted by Gasteiger charge is -2.23. The van der Waals surface area contributed by atoms with Gasteiger partial charge in [-0.2, -0.15) is 0 Å². The number of para-hydroxylation sites is 2. The van der Waals surface area contributed by atoms with E-state index in [2.05, 4.69) is 9.97 Å². The molecule has 2 heterocycles. The van der Waals surface area contributed by atoms with Gasteiger partial charge in [-0.05, 0) is 43.2 Å². The molecule has 1 fully saturated rings. The predicted octanol–water partition coefficient (Wildman–Crippen LogP) is 4.19. The second kappa shape index (κ2) is 5.70. The van der Waals surface area contributed by atoms with Crippen LogP contribution < -0.4 is 0 Å². The van der Waals surface area contributed by atoms with E-state index in [1.54, 1.807) is 12.1 Å². The minimum absolute atomic E-state index is 0.00567. The molecule has 1 saturated heterocycles. The summed E-state index contributed by atoms with van der Waals surface area (Å²) in [7, 11) is 0. The first-order valence-corrected chi connectivity index (χ1v) is 8.11. The highest BCUT2D eigenvalue weighted by molar-refractivity contribution is 6.30. The molecule has 1 amide bonds. The molecule has 1 N–H and O–H groups in total. The topological polar surface area (TPSA) is 49.0 Å². The zero-order chi connectivity index (χ0) is 15.8. The van der Waals surface area contributed by atoms with Gasteiger partial charge in [0, 0.05) is 17.1 Å². The molecule has 0 saturated carbocycles. The van der Waals surface area contributed by atoms with Crippen LogP contribution in [-0.4, -0.2) is 27.3 Å². The van der Waals surface area contributed by atoms with Crippen molar-refractivity contribution in [1.82, 2.24) is 14.9 Å². The highest BCUT2D eigenvalue weighted by Crippen LogP contribution is 2.32. The molecule has 3 aromatic rings. The number of aromatic amines is 1. The van der Waals surface area contributed by atoms with Crippen LogP contribution in [-0.2, 0) is 0 Å². The van der Waals surface area contributed by atoms with Crippen LogP contribution in [0.25, 0.3) is 11.0 Å². The van der Waals surface area contributed by atoms with Gasteiger partial charge in [-0.25, -0.2) is 4.98 Å².